The van der Waals surface area contributed by atoms with E-state index in [2.05, 4.69) is 52.8 Å². The van der Waals surface area contributed by atoms with Crippen molar-refractivity contribution in [1.82, 2.24) is 4.98 Å². The van der Waals surface area contributed by atoms with E-state index in [-0.39, 0.29) is 3.74 Å². The molecule has 0 fully saturated rings. The molecule has 0 bridgehead atoms. The van der Waals surface area contributed by atoms with Gasteiger partial charge in [0.15, 0.2) is 0 Å². The van der Waals surface area contributed by atoms with Gasteiger partial charge in [0.05, 0.1) is 9.93 Å². The summed E-state index contributed by atoms with van der Waals surface area (Å²) in [5.74, 6) is 0.629. The topological polar surface area (TPSA) is 26.0 Å². The summed E-state index contributed by atoms with van der Waals surface area (Å²) < 4.78 is 6.38. The third-order valence-electron chi connectivity index (χ3n) is 1.91. The molecule has 0 unspecified atom stereocenters. The standard InChI is InChI=1S/C10H6Br3NO/c11-8-2-1-6(5-7(8)9(12)13)10-14-3-4-15-10/h1-5,9H. The van der Waals surface area contributed by atoms with Crippen LogP contribution in [0, 0.1) is 0 Å². The molecule has 0 saturated heterocycles. The Balaban J connectivity index is 2.48. The summed E-state index contributed by atoms with van der Waals surface area (Å²) in [7, 11) is 0. The second-order valence-corrected chi connectivity index (χ2v) is 6.79. The minimum atomic E-state index is 0.106. The number of benzene rings is 1. The fraction of sp³-hybridized carbons (Fsp3) is 0.100. The van der Waals surface area contributed by atoms with E-state index in [0.717, 1.165) is 15.6 Å². The summed E-state index contributed by atoms with van der Waals surface area (Å²) in [6.07, 6.45) is 3.20. The van der Waals surface area contributed by atoms with Crippen LogP contribution in [0.15, 0.2) is 39.5 Å². The Kier molecular flexibility index (Phi) is 3.64. The lowest BCUT2D eigenvalue weighted by Crippen LogP contribution is -1.85. The van der Waals surface area contributed by atoms with E-state index >= 15 is 0 Å². The monoisotopic (exact) mass is 393 g/mol. The van der Waals surface area contributed by atoms with Crippen LogP contribution < -0.4 is 0 Å². The van der Waals surface area contributed by atoms with Crippen LogP contribution in [0.2, 0.25) is 0 Å². The van der Waals surface area contributed by atoms with Crippen molar-refractivity contribution < 1.29 is 4.42 Å². The quantitative estimate of drug-likeness (QED) is 0.676. The highest BCUT2D eigenvalue weighted by Crippen LogP contribution is 2.36. The van der Waals surface area contributed by atoms with E-state index in [1.165, 1.54) is 0 Å². The predicted molar refractivity (Wildman–Crippen MR) is 70.2 cm³/mol. The van der Waals surface area contributed by atoms with E-state index in [4.69, 9.17) is 4.42 Å². The third-order valence-corrected chi connectivity index (χ3v) is 3.62. The summed E-state index contributed by atoms with van der Waals surface area (Å²) in [4.78, 5) is 4.10. The fourth-order valence-electron chi connectivity index (χ4n) is 1.21. The average Bonchev–Trinajstić information content (AvgIpc) is 2.71. The Morgan fingerprint density at radius 3 is 2.67 bits per heavy atom. The van der Waals surface area contributed by atoms with Gasteiger partial charge in [-0.1, -0.05) is 47.8 Å². The first-order valence-electron chi connectivity index (χ1n) is 4.16. The normalized spacial score (nSPS) is 10.9. The Bertz CT molecular complexity index is 454. The zero-order chi connectivity index (χ0) is 10.8. The molecule has 2 nitrogen and oxygen atoms in total. The highest BCUT2D eigenvalue weighted by atomic mass is 79.9. The first kappa shape index (κ1) is 11.4. The highest BCUT2D eigenvalue weighted by molar-refractivity contribution is 9.24. The molecule has 0 radical (unpaired) electrons. The van der Waals surface area contributed by atoms with Gasteiger partial charge in [-0.25, -0.2) is 4.98 Å². The first-order valence-corrected chi connectivity index (χ1v) is 6.78. The van der Waals surface area contributed by atoms with Crippen molar-refractivity contribution in [2.45, 2.75) is 3.74 Å². The first-order chi connectivity index (χ1) is 7.18. The molecule has 5 heteroatoms. The van der Waals surface area contributed by atoms with E-state index in [0.29, 0.717) is 5.89 Å². The lowest BCUT2D eigenvalue weighted by atomic mass is 10.1. The van der Waals surface area contributed by atoms with Gasteiger partial charge in [-0.2, -0.15) is 0 Å². The van der Waals surface area contributed by atoms with E-state index in [1.54, 1.807) is 12.5 Å². The molecule has 0 saturated carbocycles. The summed E-state index contributed by atoms with van der Waals surface area (Å²) in [6, 6.07) is 5.95. The minimum absolute atomic E-state index is 0.106. The van der Waals surface area contributed by atoms with Gasteiger partial charge in [0.2, 0.25) is 5.89 Å². The van der Waals surface area contributed by atoms with E-state index < -0.39 is 0 Å². The molecular formula is C10H6Br3NO. The van der Waals surface area contributed by atoms with Gasteiger partial charge >= 0.3 is 0 Å². The smallest absolute Gasteiger partial charge is 0.225 e. The zero-order valence-electron chi connectivity index (χ0n) is 7.45. The molecule has 0 N–H and O–H groups in total. The number of oxazole rings is 1. The van der Waals surface area contributed by atoms with Crippen LogP contribution in [0.3, 0.4) is 0 Å². The van der Waals surface area contributed by atoms with Crippen LogP contribution in [0.25, 0.3) is 11.5 Å². The number of alkyl halides is 2. The van der Waals surface area contributed by atoms with Crippen molar-refractivity contribution in [3.63, 3.8) is 0 Å². The maximum atomic E-state index is 5.24. The summed E-state index contributed by atoms with van der Waals surface area (Å²) in [6.45, 7) is 0. The number of hydrogen-bond donors (Lipinski definition) is 0. The number of halogens is 3. The molecule has 1 aromatic carbocycles. The second-order valence-electron chi connectivity index (χ2n) is 2.87. The number of aromatic nitrogens is 1. The zero-order valence-corrected chi connectivity index (χ0v) is 12.2. The molecule has 0 aliphatic heterocycles. The lowest BCUT2D eigenvalue weighted by Gasteiger charge is -2.06. The maximum Gasteiger partial charge on any atom is 0.225 e. The molecule has 0 spiro atoms. The van der Waals surface area contributed by atoms with Gasteiger partial charge in [-0.15, -0.1) is 0 Å². The van der Waals surface area contributed by atoms with Gasteiger partial charge in [-0.05, 0) is 23.8 Å². The minimum Gasteiger partial charge on any atom is -0.445 e. The van der Waals surface area contributed by atoms with Crippen LogP contribution >= 0.6 is 47.8 Å². The maximum absolute atomic E-state index is 5.24. The second kappa shape index (κ2) is 4.80. The number of rotatable bonds is 2. The molecule has 0 aliphatic carbocycles. The Morgan fingerprint density at radius 1 is 1.27 bits per heavy atom. The highest BCUT2D eigenvalue weighted by Gasteiger charge is 2.10. The molecule has 2 rings (SSSR count). The largest absolute Gasteiger partial charge is 0.445 e. The molecule has 1 heterocycles. The molecule has 0 atom stereocenters. The van der Waals surface area contributed by atoms with Crippen LogP contribution in [-0.4, -0.2) is 4.98 Å². The molecule has 1 aromatic heterocycles. The lowest BCUT2D eigenvalue weighted by molar-refractivity contribution is 0.574. The molecule has 2 aromatic rings. The Labute approximate surface area is 112 Å². The summed E-state index contributed by atoms with van der Waals surface area (Å²) >= 11 is 10.4. The van der Waals surface area contributed by atoms with Crippen molar-refractivity contribution in [3.8, 4) is 11.5 Å². The van der Waals surface area contributed by atoms with Gasteiger partial charge < -0.3 is 4.42 Å². The van der Waals surface area contributed by atoms with Gasteiger partial charge in [0, 0.05) is 10.0 Å². The average molecular weight is 396 g/mol. The van der Waals surface area contributed by atoms with Crippen LogP contribution in [0.4, 0.5) is 0 Å². The van der Waals surface area contributed by atoms with Crippen molar-refractivity contribution in [2.24, 2.45) is 0 Å². The van der Waals surface area contributed by atoms with Crippen molar-refractivity contribution >= 4 is 47.8 Å². The summed E-state index contributed by atoms with van der Waals surface area (Å²) in [5.41, 5.74) is 2.06. The molecular weight excluding hydrogens is 390 g/mol. The van der Waals surface area contributed by atoms with Gasteiger partial charge in [0.1, 0.15) is 6.26 Å². The van der Waals surface area contributed by atoms with Crippen molar-refractivity contribution in [3.05, 3.63) is 40.7 Å². The SMILES string of the molecule is Brc1ccc(-c2ncco2)cc1C(Br)Br. The molecule has 78 valence electrons. The van der Waals surface area contributed by atoms with Gasteiger partial charge in [-0.3, -0.25) is 0 Å². The van der Waals surface area contributed by atoms with Crippen molar-refractivity contribution in [1.29, 1.82) is 0 Å². The number of nitrogens with zero attached hydrogens (tertiary/aromatic N) is 1. The van der Waals surface area contributed by atoms with E-state index in [1.807, 2.05) is 18.2 Å². The molecule has 0 aliphatic rings. The predicted octanol–water partition coefficient (Wildman–Crippen LogP) is 4.89. The number of hydrogen-bond acceptors (Lipinski definition) is 2. The Morgan fingerprint density at radius 2 is 2.07 bits per heavy atom. The van der Waals surface area contributed by atoms with Crippen molar-refractivity contribution in [2.75, 3.05) is 0 Å². The van der Waals surface area contributed by atoms with Crippen LogP contribution in [0.1, 0.15) is 9.30 Å². The van der Waals surface area contributed by atoms with Gasteiger partial charge in [0.25, 0.3) is 0 Å². The van der Waals surface area contributed by atoms with Crippen LogP contribution in [-0.2, 0) is 0 Å². The molecule has 0 amide bonds. The van der Waals surface area contributed by atoms with E-state index in [9.17, 15) is 0 Å². The molecule has 15 heavy (non-hydrogen) atoms. The summed E-state index contributed by atoms with van der Waals surface area (Å²) in [5, 5.41) is 0. The van der Waals surface area contributed by atoms with Crippen LogP contribution in [0.5, 0.6) is 0 Å². The Hall–Kier alpha value is -0.130. The fourth-order valence-corrected chi connectivity index (χ4v) is 3.06. The third kappa shape index (κ3) is 2.52.